The largest absolute Gasteiger partial charge is 0.458 e. The molecular formula is C27H20F2O6. The predicted molar refractivity (Wildman–Crippen MR) is 124 cm³/mol. The van der Waals surface area contributed by atoms with Gasteiger partial charge in [-0.15, -0.1) is 0 Å². The molecule has 178 valence electrons. The fourth-order valence-electron chi connectivity index (χ4n) is 2.96. The minimum absolute atomic E-state index is 0.0580. The summed E-state index contributed by atoms with van der Waals surface area (Å²) >= 11 is 0. The van der Waals surface area contributed by atoms with Crippen LogP contribution in [0.2, 0.25) is 0 Å². The van der Waals surface area contributed by atoms with E-state index >= 15 is 0 Å². The Bertz CT molecular complexity index is 1250. The van der Waals surface area contributed by atoms with Crippen LogP contribution < -0.4 is 14.2 Å². The molecule has 0 aromatic heterocycles. The first-order chi connectivity index (χ1) is 16.8. The summed E-state index contributed by atoms with van der Waals surface area (Å²) in [5.41, 5.74) is -0.114. The first kappa shape index (κ1) is 25.0. The standard InChI is InChI=1S/C27H20F2O6/c1-3-24(30)17-5-9-19(10-6-17)33-16-34-21-13-14-22(23(15-21)26(28)29)27(32)35-20-11-7-18(8-12-20)25(31)4-2/h3-15,26H,1-2,16H2. The van der Waals surface area contributed by atoms with Crippen molar-refractivity contribution >= 4 is 17.5 Å². The molecule has 0 aliphatic carbocycles. The number of rotatable bonds is 11. The second-order valence-electron chi connectivity index (χ2n) is 7.03. The Morgan fingerprint density at radius 1 is 0.743 bits per heavy atom. The molecule has 0 saturated heterocycles. The number of halogens is 2. The molecule has 0 radical (unpaired) electrons. The Morgan fingerprint density at radius 3 is 1.74 bits per heavy atom. The van der Waals surface area contributed by atoms with Gasteiger partial charge in [-0.2, -0.15) is 0 Å². The minimum Gasteiger partial charge on any atom is -0.458 e. The van der Waals surface area contributed by atoms with Gasteiger partial charge in [-0.05, 0) is 78.9 Å². The molecule has 3 rings (SSSR count). The van der Waals surface area contributed by atoms with Gasteiger partial charge in [0.1, 0.15) is 17.2 Å². The molecule has 8 heteroatoms. The van der Waals surface area contributed by atoms with E-state index in [0.29, 0.717) is 16.9 Å². The zero-order chi connectivity index (χ0) is 25.4. The SMILES string of the molecule is C=CC(=O)c1ccc(OCOc2ccc(C(=O)Oc3ccc(C(=O)C=C)cc3)c(C(F)F)c2)cc1. The van der Waals surface area contributed by atoms with Crippen LogP contribution >= 0.6 is 0 Å². The van der Waals surface area contributed by atoms with E-state index in [0.717, 1.165) is 12.1 Å². The fourth-order valence-corrected chi connectivity index (χ4v) is 2.96. The normalized spacial score (nSPS) is 10.4. The van der Waals surface area contributed by atoms with Crippen molar-refractivity contribution in [3.8, 4) is 17.2 Å². The number of hydrogen-bond acceptors (Lipinski definition) is 6. The van der Waals surface area contributed by atoms with Gasteiger partial charge >= 0.3 is 5.97 Å². The molecule has 0 spiro atoms. The van der Waals surface area contributed by atoms with Crippen molar-refractivity contribution in [2.45, 2.75) is 6.43 Å². The van der Waals surface area contributed by atoms with E-state index in [1.165, 1.54) is 42.5 Å². The quantitative estimate of drug-likeness (QED) is 0.111. The summed E-state index contributed by atoms with van der Waals surface area (Å²) in [6.07, 6.45) is -0.627. The average Bonchev–Trinajstić information content (AvgIpc) is 2.88. The molecule has 0 bridgehead atoms. The number of benzene rings is 3. The predicted octanol–water partition coefficient (Wildman–Crippen LogP) is 6.00. The second-order valence-corrected chi connectivity index (χ2v) is 7.03. The molecule has 0 N–H and O–H groups in total. The number of alkyl halides is 2. The molecule has 0 amide bonds. The average molecular weight is 478 g/mol. The molecule has 0 aliphatic heterocycles. The molecule has 0 saturated carbocycles. The van der Waals surface area contributed by atoms with Crippen LogP contribution in [0.25, 0.3) is 0 Å². The summed E-state index contributed by atoms with van der Waals surface area (Å²) in [7, 11) is 0. The van der Waals surface area contributed by atoms with E-state index in [9.17, 15) is 23.2 Å². The van der Waals surface area contributed by atoms with Gasteiger partial charge in [0.2, 0.25) is 6.79 Å². The van der Waals surface area contributed by atoms with Crippen LogP contribution in [0.4, 0.5) is 8.78 Å². The highest BCUT2D eigenvalue weighted by Crippen LogP contribution is 2.28. The highest BCUT2D eigenvalue weighted by atomic mass is 19.3. The summed E-state index contributed by atoms with van der Waals surface area (Å²) < 4.78 is 43.2. The number of ketones is 2. The molecule has 0 aliphatic rings. The number of hydrogen-bond donors (Lipinski definition) is 0. The van der Waals surface area contributed by atoms with Crippen molar-refractivity contribution in [1.82, 2.24) is 0 Å². The van der Waals surface area contributed by atoms with Gasteiger partial charge in [0.25, 0.3) is 6.43 Å². The highest BCUT2D eigenvalue weighted by Gasteiger charge is 2.21. The Morgan fingerprint density at radius 2 is 1.23 bits per heavy atom. The van der Waals surface area contributed by atoms with Crippen LogP contribution in [-0.4, -0.2) is 24.3 Å². The van der Waals surface area contributed by atoms with Gasteiger partial charge in [-0.25, -0.2) is 13.6 Å². The van der Waals surface area contributed by atoms with Gasteiger partial charge in [0.15, 0.2) is 11.6 Å². The van der Waals surface area contributed by atoms with Gasteiger partial charge in [0.05, 0.1) is 5.56 Å². The van der Waals surface area contributed by atoms with Crippen LogP contribution in [0.3, 0.4) is 0 Å². The van der Waals surface area contributed by atoms with E-state index in [1.807, 2.05) is 0 Å². The number of ether oxygens (including phenoxy) is 3. The van der Waals surface area contributed by atoms with E-state index in [4.69, 9.17) is 14.2 Å². The lowest BCUT2D eigenvalue weighted by Crippen LogP contribution is -2.13. The van der Waals surface area contributed by atoms with Gasteiger partial charge in [-0.1, -0.05) is 13.2 Å². The van der Waals surface area contributed by atoms with Crippen molar-refractivity contribution in [2.24, 2.45) is 0 Å². The number of allylic oxidation sites excluding steroid dienone is 2. The first-order valence-corrected chi connectivity index (χ1v) is 10.3. The van der Waals surface area contributed by atoms with Crippen LogP contribution in [0.15, 0.2) is 92.0 Å². The van der Waals surface area contributed by atoms with Crippen molar-refractivity contribution in [3.63, 3.8) is 0 Å². The summed E-state index contributed by atoms with van der Waals surface area (Å²) in [6.45, 7) is 6.51. The maximum atomic E-state index is 13.6. The summed E-state index contributed by atoms with van der Waals surface area (Å²) in [6, 6.07) is 15.4. The third kappa shape index (κ3) is 6.48. The zero-order valence-corrected chi connectivity index (χ0v) is 18.4. The topological polar surface area (TPSA) is 78.9 Å². The monoisotopic (exact) mass is 478 g/mol. The van der Waals surface area contributed by atoms with Crippen molar-refractivity contribution < 1.29 is 37.4 Å². The molecule has 3 aromatic rings. The van der Waals surface area contributed by atoms with Crippen LogP contribution in [-0.2, 0) is 0 Å². The van der Waals surface area contributed by atoms with Crippen LogP contribution in [0, 0.1) is 0 Å². The molecule has 6 nitrogen and oxygen atoms in total. The smallest absolute Gasteiger partial charge is 0.344 e. The van der Waals surface area contributed by atoms with Gasteiger partial charge in [-0.3, -0.25) is 9.59 Å². The van der Waals surface area contributed by atoms with Crippen molar-refractivity contribution in [2.75, 3.05) is 6.79 Å². The number of carbonyl (C=O) groups is 3. The molecule has 35 heavy (non-hydrogen) atoms. The summed E-state index contributed by atoms with van der Waals surface area (Å²) in [5, 5.41) is 0. The Balaban J connectivity index is 1.65. The molecule has 0 heterocycles. The number of esters is 1. The van der Waals surface area contributed by atoms with E-state index < -0.39 is 18.0 Å². The van der Waals surface area contributed by atoms with E-state index in [-0.39, 0.29) is 35.4 Å². The maximum Gasteiger partial charge on any atom is 0.344 e. The molecular weight excluding hydrogens is 458 g/mol. The molecule has 0 fully saturated rings. The van der Waals surface area contributed by atoms with Crippen molar-refractivity contribution in [1.29, 1.82) is 0 Å². The Hall–Kier alpha value is -4.59. The van der Waals surface area contributed by atoms with Crippen LogP contribution in [0.5, 0.6) is 17.2 Å². The van der Waals surface area contributed by atoms with Crippen molar-refractivity contribution in [3.05, 3.63) is 114 Å². The molecule has 0 unspecified atom stereocenters. The Labute approximate surface area is 200 Å². The van der Waals surface area contributed by atoms with E-state index in [2.05, 4.69) is 13.2 Å². The highest BCUT2D eigenvalue weighted by molar-refractivity contribution is 6.04. The maximum absolute atomic E-state index is 13.6. The van der Waals surface area contributed by atoms with Gasteiger partial charge in [0, 0.05) is 16.7 Å². The lowest BCUT2D eigenvalue weighted by Gasteiger charge is -2.13. The number of carbonyl (C=O) groups excluding carboxylic acids is 3. The molecule has 3 aromatic carbocycles. The fraction of sp³-hybridized carbons (Fsp3) is 0.0741. The summed E-state index contributed by atoms with van der Waals surface area (Å²) in [4.78, 5) is 35.6. The van der Waals surface area contributed by atoms with Gasteiger partial charge < -0.3 is 14.2 Å². The third-order valence-electron chi connectivity index (χ3n) is 4.79. The lowest BCUT2D eigenvalue weighted by molar-refractivity contribution is 0.0721. The van der Waals surface area contributed by atoms with E-state index in [1.54, 1.807) is 24.3 Å². The Kier molecular flexibility index (Phi) is 8.24. The second kappa shape index (κ2) is 11.5. The van der Waals surface area contributed by atoms with Crippen LogP contribution in [0.1, 0.15) is 43.1 Å². The summed E-state index contributed by atoms with van der Waals surface area (Å²) in [5.74, 6) is -0.971. The first-order valence-electron chi connectivity index (χ1n) is 10.3. The third-order valence-corrected chi connectivity index (χ3v) is 4.79. The molecule has 0 atom stereocenters. The zero-order valence-electron chi connectivity index (χ0n) is 18.4. The lowest BCUT2D eigenvalue weighted by atomic mass is 10.1. The minimum atomic E-state index is -2.97.